The van der Waals surface area contributed by atoms with Gasteiger partial charge in [-0.15, -0.1) is 0 Å². The minimum absolute atomic E-state index is 0. The van der Waals surface area contributed by atoms with Crippen LogP contribution in [0.3, 0.4) is 0 Å². The average Bonchev–Trinajstić information content (AvgIpc) is 3.33. The van der Waals surface area contributed by atoms with Gasteiger partial charge in [-0.1, -0.05) is 14.9 Å². The zero-order valence-electron chi connectivity index (χ0n) is 15.7. The van der Waals surface area contributed by atoms with Gasteiger partial charge in [-0.25, -0.2) is 4.79 Å². The molecule has 0 aromatic heterocycles. The molecule has 2 atom stereocenters. The topological polar surface area (TPSA) is 102 Å². The number of phenols is 2. The Morgan fingerprint density at radius 3 is 1.60 bits per heavy atom. The van der Waals surface area contributed by atoms with E-state index in [0.29, 0.717) is 24.6 Å². The van der Waals surface area contributed by atoms with Gasteiger partial charge in [0.1, 0.15) is 17.5 Å². The summed E-state index contributed by atoms with van der Waals surface area (Å²) in [6, 6.07) is 13.8. The summed E-state index contributed by atoms with van der Waals surface area (Å²) in [6.45, 7) is 2.13. The maximum Gasteiger partial charge on any atom is 0.328 e. The third-order valence-corrected chi connectivity index (χ3v) is 4.83. The van der Waals surface area contributed by atoms with Gasteiger partial charge < -0.3 is 15.3 Å². The number of phenolic OH excluding ortho intramolecular Hbond substituents is 2. The summed E-state index contributed by atoms with van der Waals surface area (Å²) in [5, 5.41) is 27.0. The average molecular weight is 413 g/mol. The van der Waals surface area contributed by atoms with Crippen molar-refractivity contribution in [2.45, 2.75) is 59.5 Å². The molecule has 0 saturated carbocycles. The molecule has 0 fully saturated rings. The van der Waals surface area contributed by atoms with Gasteiger partial charge in [-0.05, 0) is 92.3 Å². The Morgan fingerprint density at radius 2 is 1.23 bits per heavy atom. The first kappa shape index (κ1) is 24.9. The Bertz CT molecular complexity index is 886. The molecule has 3 N–H and O–H groups in total. The van der Waals surface area contributed by atoms with Gasteiger partial charge in [0.15, 0.2) is 0 Å². The summed E-state index contributed by atoms with van der Waals surface area (Å²) in [5.74, 6) is -0.355. The van der Waals surface area contributed by atoms with Crippen LogP contribution in [0.15, 0.2) is 58.5 Å². The lowest BCUT2D eigenvalue weighted by Gasteiger charge is -1.99. The molecule has 2 heterocycles. The van der Waals surface area contributed by atoms with Crippen molar-refractivity contribution in [1.82, 2.24) is 0 Å². The molecule has 0 saturated heterocycles. The molecule has 0 bridgehead atoms. The summed E-state index contributed by atoms with van der Waals surface area (Å²) in [4.78, 5) is 19.3. The number of aromatic hydroxyl groups is 2. The summed E-state index contributed by atoms with van der Waals surface area (Å²) in [5.41, 5.74) is 4.01. The maximum atomic E-state index is 10.7. The van der Waals surface area contributed by atoms with Crippen molar-refractivity contribution in [2.24, 2.45) is 9.98 Å². The first-order chi connectivity index (χ1) is 13.4. The lowest BCUT2D eigenvalue weighted by Crippen LogP contribution is -2.13. The fourth-order valence-electron chi connectivity index (χ4n) is 3.26. The van der Waals surface area contributed by atoms with Gasteiger partial charge in [0, 0.05) is 17.5 Å². The molecule has 2 aliphatic rings. The van der Waals surface area contributed by atoms with Crippen molar-refractivity contribution in [2.75, 3.05) is 0 Å². The molecule has 6 nitrogen and oxygen atoms in total. The Morgan fingerprint density at radius 1 is 0.800 bits per heavy atom. The number of benzene rings is 2. The van der Waals surface area contributed by atoms with Crippen molar-refractivity contribution in [1.29, 1.82) is 0 Å². The number of carboxylic acid groups (broad SMARTS) is 1. The molecule has 4 rings (SSSR count). The highest BCUT2D eigenvalue weighted by atomic mass is 16.4. The zero-order chi connectivity index (χ0) is 20.1. The van der Waals surface area contributed by atoms with E-state index in [-0.39, 0.29) is 20.6 Å². The molecule has 162 valence electrons. The van der Waals surface area contributed by atoms with E-state index in [1.54, 1.807) is 36.4 Å². The second kappa shape index (κ2) is 11.1. The molecule has 0 spiro atoms. The molecule has 2 aromatic rings. The predicted octanol–water partition coefficient (Wildman–Crippen LogP) is 5.06. The highest BCUT2D eigenvalue weighted by molar-refractivity contribution is 6.03. The Hall–Kier alpha value is -3.15. The van der Waals surface area contributed by atoms with E-state index in [1.165, 1.54) is 5.71 Å². The van der Waals surface area contributed by atoms with E-state index in [1.807, 2.05) is 12.1 Å². The molecular weight excluding hydrogens is 380 g/mol. The Kier molecular flexibility index (Phi) is 9.24. The smallest absolute Gasteiger partial charge is 0.328 e. The minimum Gasteiger partial charge on any atom is -0.508 e. The first-order valence-electron chi connectivity index (χ1n) is 9.37. The van der Waals surface area contributed by atoms with E-state index < -0.39 is 12.0 Å². The number of hydrogen-bond donors (Lipinski definition) is 3. The molecule has 6 heteroatoms. The minimum atomic E-state index is -0.872. The molecule has 2 aromatic carbocycles. The van der Waals surface area contributed by atoms with E-state index in [2.05, 4.69) is 16.9 Å². The van der Waals surface area contributed by atoms with Crippen LogP contribution in [0.1, 0.15) is 58.6 Å². The van der Waals surface area contributed by atoms with Crippen LogP contribution in [0.2, 0.25) is 0 Å². The molecular formula is C24H32N2O4. The van der Waals surface area contributed by atoms with E-state index in [0.717, 1.165) is 29.7 Å². The number of aliphatic carboxylic acids is 1. The summed E-state index contributed by atoms with van der Waals surface area (Å²) in [6.07, 6.45) is 3.45. The Balaban J connectivity index is 0.000000284. The summed E-state index contributed by atoms with van der Waals surface area (Å²) < 4.78 is 0. The van der Waals surface area contributed by atoms with Gasteiger partial charge in [0.05, 0.1) is 0 Å². The lowest BCUT2D eigenvalue weighted by atomic mass is 10.1. The fraction of sp³-hybridized carbons (Fsp3) is 0.375. The number of hydrogen-bond acceptors (Lipinski definition) is 5. The van der Waals surface area contributed by atoms with Crippen LogP contribution >= 0.6 is 0 Å². The van der Waals surface area contributed by atoms with Crippen molar-refractivity contribution in [3.8, 4) is 11.5 Å². The van der Waals surface area contributed by atoms with Crippen molar-refractivity contribution < 1.29 is 20.1 Å². The highest BCUT2D eigenvalue weighted by Gasteiger charge is 2.24. The van der Waals surface area contributed by atoms with Crippen LogP contribution in [-0.2, 0) is 4.79 Å². The van der Waals surface area contributed by atoms with Crippen molar-refractivity contribution in [3.05, 3.63) is 59.7 Å². The van der Waals surface area contributed by atoms with Crippen LogP contribution in [0.25, 0.3) is 0 Å². The van der Waals surface area contributed by atoms with Gasteiger partial charge >= 0.3 is 5.97 Å². The summed E-state index contributed by atoms with van der Waals surface area (Å²) >= 11 is 0. The van der Waals surface area contributed by atoms with Gasteiger partial charge in [-0.3, -0.25) is 9.98 Å². The molecule has 0 aliphatic carbocycles. The van der Waals surface area contributed by atoms with Gasteiger partial charge in [0.25, 0.3) is 0 Å². The predicted molar refractivity (Wildman–Crippen MR) is 122 cm³/mol. The third kappa shape index (κ3) is 6.44. The second-order valence-corrected chi connectivity index (χ2v) is 7.03. The number of carbonyl (C=O) groups is 1. The van der Waals surface area contributed by atoms with Crippen LogP contribution in [0.4, 0.5) is 0 Å². The van der Waals surface area contributed by atoms with Gasteiger partial charge in [0.2, 0.25) is 0 Å². The normalized spacial score (nSPS) is 19.4. The number of aliphatic imine (C=N–C) groups is 2. The monoisotopic (exact) mass is 412 g/mol. The quantitative estimate of drug-likeness (QED) is 0.655. The van der Waals surface area contributed by atoms with E-state index >= 15 is 0 Å². The molecule has 0 unspecified atom stereocenters. The molecule has 2 aliphatic heterocycles. The summed E-state index contributed by atoms with van der Waals surface area (Å²) in [7, 11) is 0. The van der Waals surface area contributed by atoms with E-state index in [9.17, 15) is 4.79 Å². The van der Waals surface area contributed by atoms with Gasteiger partial charge in [-0.2, -0.15) is 0 Å². The van der Waals surface area contributed by atoms with Crippen LogP contribution in [0, 0.1) is 0 Å². The lowest BCUT2D eigenvalue weighted by molar-refractivity contribution is -0.138. The SMILES string of the molecule is C.C.C[C@@H]1CCC(c2ccc(O)cc2)=N1.O=C(O)[C@@H]1CCC(c2ccc(O)cc2)=N1. The molecule has 0 amide bonds. The fourth-order valence-corrected chi connectivity index (χ4v) is 3.26. The number of nitrogens with zero attached hydrogens (tertiary/aromatic N) is 2. The highest BCUT2D eigenvalue weighted by Crippen LogP contribution is 2.21. The molecule has 0 radical (unpaired) electrons. The van der Waals surface area contributed by atoms with Crippen molar-refractivity contribution >= 4 is 17.4 Å². The van der Waals surface area contributed by atoms with Crippen LogP contribution < -0.4 is 0 Å². The largest absolute Gasteiger partial charge is 0.508 e. The van der Waals surface area contributed by atoms with Crippen molar-refractivity contribution in [3.63, 3.8) is 0 Å². The zero-order valence-corrected chi connectivity index (χ0v) is 15.7. The Labute approximate surface area is 178 Å². The third-order valence-electron chi connectivity index (χ3n) is 4.83. The first-order valence-corrected chi connectivity index (χ1v) is 9.37. The number of carboxylic acids is 1. The molecule has 30 heavy (non-hydrogen) atoms. The maximum absolute atomic E-state index is 10.7. The number of rotatable bonds is 3. The van der Waals surface area contributed by atoms with E-state index in [4.69, 9.17) is 15.3 Å². The second-order valence-electron chi connectivity index (χ2n) is 7.03. The van der Waals surface area contributed by atoms with Crippen LogP contribution in [-0.4, -0.2) is 44.8 Å². The standard InChI is InChI=1S/C11H11NO3.C11H13NO.2CH4/c13-8-3-1-7(2-4-8)9-5-6-10(12-9)11(14)15;1-8-2-7-11(12-8)9-3-5-10(13)6-4-9;;/h1-4,10,13H,5-6H2,(H,14,15);3-6,8,13H,2,7H2,1H3;2*1H4/t10-;8-;;/m01../s1. The van der Waals surface area contributed by atoms with Crippen LogP contribution in [0.5, 0.6) is 11.5 Å².